The van der Waals surface area contributed by atoms with Crippen molar-refractivity contribution < 1.29 is 19.2 Å². The van der Waals surface area contributed by atoms with Gasteiger partial charge in [0.25, 0.3) is 11.6 Å². The number of nitrogens with two attached hydrogens (primary N) is 1. The van der Waals surface area contributed by atoms with E-state index in [1.165, 1.54) is 31.4 Å². The summed E-state index contributed by atoms with van der Waals surface area (Å²) in [4.78, 5) is 36.5. The first-order chi connectivity index (χ1) is 12.5. The standard InChI is InChI=1S/C18H23N3O5/c19-15-6-5-13(9-16(15)21(24)25)18(23)26-11-17(22)20-8-7-12-3-1-2-4-14(12)10-20/h5-6,9,12,14H,1-4,7-8,10-11,19H2/t12-,14+/m0/s1. The topological polar surface area (TPSA) is 116 Å². The maximum Gasteiger partial charge on any atom is 0.338 e. The molecule has 1 aliphatic carbocycles. The van der Waals surface area contributed by atoms with Gasteiger partial charge in [-0.3, -0.25) is 14.9 Å². The van der Waals surface area contributed by atoms with Crippen LogP contribution in [0.4, 0.5) is 11.4 Å². The Balaban J connectivity index is 1.55. The number of likely N-dealkylation sites (tertiary alicyclic amines) is 1. The minimum atomic E-state index is -0.769. The minimum absolute atomic E-state index is 0.00434. The first-order valence-corrected chi connectivity index (χ1v) is 8.94. The molecule has 1 heterocycles. The summed E-state index contributed by atoms with van der Waals surface area (Å²) in [5.41, 5.74) is 5.13. The molecule has 8 nitrogen and oxygen atoms in total. The van der Waals surface area contributed by atoms with Gasteiger partial charge in [-0.25, -0.2) is 4.79 Å². The molecule has 0 radical (unpaired) electrons. The Bertz CT molecular complexity index is 721. The number of hydrogen-bond donors (Lipinski definition) is 1. The van der Waals surface area contributed by atoms with Crippen molar-refractivity contribution in [1.82, 2.24) is 4.90 Å². The average Bonchev–Trinajstić information content (AvgIpc) is 2.65. The molecule has 140 valence electrons. The van der Waals surface area contributed by atoms with Crippen molar-refractivity contribution >= 4 is 23.3 Å². The van der Waals surface area contributed by atoms with E-state index in [1.807, 2.05) is 0 Å². The van der Waals surface area contributed by atoms with Gasteiger partial charge >= 0.3 is 5.97 Å². The lowest BCUT2D eigenvalue weighted by Crippen LogP contribution is -2.46. The van der Waals surface area contributed by atoms with Crippen LogP contribution in [0.25, 0.3) is 0 Å². The van der Waals surface area contributed by atoms with E-state index < -0.39 is 10.9 Å². The van der Waals surface area contributed by atoms with Gasteiger partial charge in [0.05, 0.1) is 10.5 Å². The number of ether oxygens (including phenoxy) is 1. The monoisotopic (exact) mass is 361 g/mol. The summed E-state index contributed by atoms with van der Waals surface area (Å²) in [5.74, 6) is 0.281. The third kappa shape index (κ3) is 3.95. The van der Waals surface area contributed by atoms with E-state index in [0.717, 1.165) is 25.5 Å². The predicted molar refractivity (Wildman–Crippen MR) is 94.4 cm³/mol. The van der Waals surface area contributed by atoms with Gasteiger partial charge in [-0.05, 0) is 36.8 Å². The van der Waals surface area contributed by atoms with E-state index in [1.54, 1.807) is 4.90 Å². The lowest BCUT2D eigenvalue weighted by atomic mass is 9.75. The summed E-state index contributed by atoms with van der Waals surface area (Å²) in [6.45, 7) is 1.08. The first-order valence-electron chi connectivity index (χ1n) is 8.94. The van der Waals surface area contributed by atoms with Gasteiger partial charge in [0.2, 0.25) is 0 Å². The number of rotatable bonds is 4. The number of carbonyl (C=O) groups excluding carboxylic acids is 2. The molecule has 0 bridgehead atoms. The van der Waals surface area contributed by atoms with E-state index in [4.69, 9.17) is 10.5 Å². The smallest absolute Gasteiger partial charge is 0.338 e. The fraction of sp³-hybridized carbons (Fsp3) is 0.556. The molecule has 1 amide bonds. The lowest BCUT2D eigenvalue weighted by molar-refractivity contribution is -0.383. The van der Waals surface area contributed by atoms with Crippen molar-refractivity contribution in [1.29, 1.82) is 0 Å². The molecule has 0 aromatic heterocycles. The third-order valence-corrected chi connectivity index (χ3v) is 5.43. The fourth-order valence-electron chi connectivity index (χ4n) is 3.96. The highest BCUT2D eigenvalue weighted by Gasteiger charge is 2.33. The zero-order valence-corrected chi connectivity index (χ0v) is 14.6. The Hall–Kier alpha value is -2.64. The van der Waals surface area contributed by atoms with E-state index in [9.17, 15) is 19.7 Å². The van der Waals surface area contributed by atoms with E-state index in [-0.39, 0.29) is 29.5 Å². The molecule has 1 saturated heterocycles. The van der Waals surface area contributed by atoms with Crippen LogP contribution >= 0.6 is 0 Å². The number of hydrogen-bond acceptors (Lipinski definition) is 6. The predicted octanol–water partition coefficient (Wildman–Crippen LogP) is 2.37. The Labute approximate surface area is 151 Å². The van der Waals surface area contributed by atoms with Gasteiger partial charge in [-0.1, -0.05) is 19.3 Å². The maximum absolute atomic E-state index is 12.4. The highest BCUT2D eigenvalue weighted by molar-refractivity contribution is 5.92. The minimum Gasteiger partial charge on any atom is -0.452 e. The highest BCUT2D eigenvalue weighted by Crippen LogP contribution is 2.36. The van der Waals surface area contributed by atoms with Crippen LogP contribution in [-0.4, -0.2) is 41.4 Å². The normalized spacial score (nSPS) is 22.4. The Morgan fingerprint density at radius 2 is 1.96 bits per heavy atom. The Morgan fingerprint density at radius 3 is 2.69 bits per heavy atom. The zero-order chi connectivity index (χ0) is 18.7. The summed E-state index contributed by atoms with van der Waals surface area (Å²) >= 11 is 0. The van der Waals surface area contributed by atoms with E-state index >= 15 is 0 Å². The van der Waals surface area contributed by atoms with Crippen molar-refractivity contribution in [3.05, 3.63) is 33.9 Å². The number of esters is 1. The zero-order valence-electron chi connectivity index (χ0n) is 14.6. The molecule has 0 unspecified atom stereocenters. The molecular formula is C18H23N3O5. The molecule has 1 aromatic carbocycles. The van der Waals surface area contributed by atoms with Crippen LogP contribution in [0.15, 0.2) is 18.2 Å². The number of amides is 1. The van der Waals surface area contributed by atoms with Crippen molar-refractivity contribution in [3.8, 4) is 0 Å². The molecule has 1 aromatic rings. The number of anilines is 1. The summed E-state index contributed by atoms with van der Waals surface area (Å²) in [6, 6.07) is 3.70. The number of nitro benzene ring substituents is 1. The van der Waals surface area contributed by atoms with Crippen LogP contribution < -0.4 is 5.73 Å². The summed E-state index contributed by atoms with van der Waals surface area (Å²) in [5, 5.41) is 10.9. The molecule has 2 aliphatic rings. The van der Waals surface area contributed by atoms with Crippen molar-refractivity contribution in [3.63, 3.8) is 0 Å². The molecule has 2 N–H and O–H groups in total. The molecule has 2 fully saturated rings. The molecule has 8 heteroatoms. The molecule has 2 atom stereocenters. The van der Waals surface area contributed by atoms with Crippen LogP contribution in [-0.2, 0) is 9.53 Å². The van der Waals surface area contributed by atoms with Gasteiger partial charge in [0.1, 0.15) is 5.69 Å². The van der Waals surface area contributed by atoms with Crippen molar-refractivity contribution in [2.45, 2.75) is 32.1 Å². The van der Waals surface area contributed by atoms with Crippen LogP contribution in [0.1, 0.15) is 42.5 Å². The first kappa shape index (κ1) is 18.2. The third-order valence-electron chi connectivity index (χ3n) is 5.43. The molecule has 1 saturated carbocycles. The van der Waals surface area contributed by atoms with Crippen molar-refractivity contribution in [2.24, 2.45) is 11.8 Å². The number of nitro groups is 1. The number of benzene rings is 1. The van der Waals surface area contributed by atoms with Gasteiger partial charge in [0, 0.05) is 19.2 Å². The quantitative estimate of drug-likeness (QED) is 0.381. The van der Waals surface area contributed by atoms with Gasteiger partial charge in [-0.15, -0.1) is 0 Å². The van der Waals surface area contributed by atoms with E-state index in [0.29, 0.717) is 18.4 Å². The molecule has 0 spiro atoms. The average molecular weight is 361 g/mol. The Kier molecular flexibility index (Phi) is 5.39. The second-order valence-corrected chi connectivity index (χ2v) is 7.04. The van der Waals surface area contributed by atoms with Gasteiger partial charge < -0.3 is 15.4 Å². The number of carbonyl (C=O) groups is 2. The van der Waals surface area contributed by atoms with Crippen LogP contribution in [0, 0.1) is 22.0 Å². The SMILES string of the molecule is Nc1ccc(C(=O)OCC(=O)N2CC[C@@H]3CCCC[C@@H]3C2)cc1[N+](=O)[O-]. The van der Waals surface area contributed by atoms with Crippen LogP contribution in [0.3, 0.4) is 0 Å². The molecule has 26 heavy (non-hydrogen) atoms. The highest BCUT2D eigenvalue weighted by atomic mass is 16.6. The number of fused-ring (bicyclic) bond motifs is 1. The summed E-state index contributed by atoms with van der Waals surface area (Å²) in [7, 11) is 0. The largest absolute Gasteiger partial charge is 0.452 e. The second-order valence-electron chi connectivity index (χ2n) is 7.04. The van der Waals surface area contributed by atoms with Crippen LogP contribution in [0.5, 0.6) is 0 Å². The van der Waals surface area contributed by atoms with Crippen molar-refractivity contribution in [2.75, 3.05) is 25.4 Å². The second kappa shape index (κ2) is 7.72. The fourth-order valence-corrected chi connectivity index (χ4v) is 3.96. The number of piperidine rings is 1. The maximum atomic E-state index is 12.4. The number of nitrogens with zero attached hydrogens (tertiary/aromatic N) is 2. The number of nitrogen functional groups attached to an aromatic ring is 1. The van der Waals surface area contributed by atoms with Crippen LogP contribution in [0.2, 0.25) is 0 Å². The Morgan fingerprint density at radius 1 is 1.23 bits per heavy atom. The molecular weight excluding hydrogens is 338 g/mol. The van der Waals surface area contributed by atoms with Gasteiger partial charge in [-0.2, -0.15) is 0 Å². The summed E-state index contributed by atoms with van der Waals surface area (Å²) < 4.78 is 5.06. The molecule has 1 aliphatic heterocycles. The van der Waals surface area contributed by atoms with Gasteiger partial charge in [0.15, 0.2) is 6.61 Å². The molecule has 3 rings (SSSR count). The lowest BCUT2D eigenvalue weighted by Gasteiger charge is -2.41. The van der Waals surface area contributed by atoms with E-state index in [2.05, 4.69) is 0 Å². The summed E-state index contributed by atoms with van der Waals surface area (Å²) in [6.07, 6.45) is 5.91.